The van der Waals surface area contributed by atoms with Crippen molar-refractivity contribution < 1.29 is 14.3 Å². The number of hydrogen-bond donors (Lipinski definition) is 1. The third-order valence-corrected chi connectivity index (χ3v) is 7.37. The van der Waals surface area contributed by atoms with E-state index in [0.717, 1.165) is 21.6 Å². The van der Waals surface area contributed by atoms with Crippen LogP contribution in [-0.4, -0.2) is 42.2 Å². The molecule has 1 saturated carbocycles. The second-order valence-corrected chi connectivity index (χ2v) is 9.15. The Kier molecular flexibility index (Phi) is 5.40. The summed E-state index contributed by atoms with van der Waals surface area (Å²) >= 11 is 1.41. The van der Waals surface area contributed by atoms with Crippen LogP contribution < -0.4 is 19.7 Å². The van der Waals surface area contributed by atoms with Gasteiger partial charge in [-0.05, 0) is 37.5 Å². The Morgan fingerprint density at radius 2 is 1.90 bits per heavy atom. The van der Waals surface area contributed by atoms with Crippen LogP contribution in [-0.2, 0) is 0 Å². The van der Waals surface area contributed by atoms with Crippen LogP contribution in [0.4, 0.5) is 11.5 Å². The largest absolute Gasteiger partial charge is 0.486 e. The van der Waals surface area contributed by atoms with Crippen LogP contribution in [0.15, 0.2) is 24.5 Å². The molecule has 0 saturated heterocycles. The fourth-order valence-electron chi connectivity index (χ4n) is 4.49. The molecule has 31 heavy (non-hydrogen) atoms. The number of hydrogen-bond acceptors (Lipinski definition) is 7. The molecular formula is C23H26N4O3S. The molecule has 8 heteroatoms. The highest BCUT2D eigenvalue weighted by molar-refractivity contribution is 7.20. The Balaban J connectivity index is 1.44. The Bertz CT molecular complexity index is 1120. The maximum absolute atomic E-state index is 13.1. The third-order valence-electron chi connectivity index (χ3n) is 6.17. The first-order valence-corrected chi connectivity index (χ1v) is 11.6. The monoisotopic (exact) mass is 438 g/mol. The van der Waals surface area contributed by atoms with Crippen LogP contribution in [0.5, 0.6) is 11.5 Å². The predicted octanol–water partition coefficient (Wildman–Crippen LogP) is 4.79. The number of benzene rings is 1. The fraction of sp³-hybridized carbons (Fsp3) is 0.435. The van der Waals surface area contributed by atoms with E-state index in [2.05, 4.69) is 27.2 Å². The summed E-state index contributed by atoms with van der Waals surface area (Å²) < 4.78 is 11.2. The molecular weight excluding hydrogens is 412 g/mol. The molecule has 1 aliphatic heterocycles. The minimum atomic E-state index is -0.150. The number of anilines is 2. The molecule has 0 atom stereocenters. The standard InChI is InChI=1S/C23H26N4O3S/c1-14-19-21(27(2)16-6-4-3-5-7-16)24-13-25-23(19)31-20(14)22(28)26-15-8-9-17-18(12-15)30-11-10-29-17/h8-9,12-13,16H,3-7,10-11H2,1-2H3,(H,26,28). The summed E-state index contributed by atoms with van der Waals surface area (Å²) in [5, 5.41) is 3.98. The molecule has 0 bridgehead atoms. The zero-order chi connectivity index (χ0) is 21.4. The number of carbonyl (C=O) groups excluding carboxylic acids is 1. The molecule has 5 rings (SSSR count). The van der Waals surface area contributed by atoms with E-state index in [4.69, 9.17) is 9.47 Å². The Morgan fingerprint density at radius 3 is 2.71 bits per heavy atom. The predicted molar refractivity (Wildman–Crippen MR) is 123 cm³/mol. The smallest absolute Gasteiger partial charge is 0.266 e. The maximum atomic E-state index is 13.1. The summed E-state index contributed by atoms with van der Waals surface area (Å²) in [5.74, 6) is 2.12. The number of rotatable bonds is 4. The van der Waals surface area contributed by atoms with Crippen molar-refractivity contribution in [2.24, 2.45) is 0 Å². The molecule has 1 fully saturated rings. The van der Waals surface area contributed by atoms with Gasteiger partial charge in [-0.2, -0.15) is 0 Å². The number of nitrogens with zero attached hydrogens (tertiary/aromatic N) is 3. The summed E-state index contributed by atoms with van der Waals surface area (Å²) in [6, 6.07) is 5.94. The molecule has 0 radical (unpaired) electrons. The van der Waals surface area contributed by atoms with Gasteiger partial charge >= 0.3 is 0 Å². The molecule has 7 nitrogen and oxygen atoms in total. The summed E-state index contributed by atoms with van der Waals surface area (Å²) in [6.45, 7) is 3.03. The van der Waals surface area contributed by atoms with Crippen LogP contribution in [0, 0.1) is 6.92 Å². The van der Waals surface area contributed by atoms with Crippen molar-refractivity contribution >= 4 is 39.0 Å². The highest BCUT2D eigenvalue weighted by Gasteiger charge is 2.25. The van der Waals surface area contributed by atoms with E-state index in [0.29, 0.717) is 41.3 Å². The highest BCUT2D eigenvalue weighted by atomic mass is 32.1. The van der Waals surface area contributed by atoms with Gasteiger partial charge in [0.25, 0.3) is 5.91 Å². The minimum absolute atomic E-state index is 0.150. The number of thiophene rings is 1. The number of aromatic nitrogens is 2. The van der Waals surface area contributed by atoms with Gasteiger partial charge in [0.15, 0.2) is 11.5 Å². The molecule has 1 amide bonds. The lowest BCUT2D eigenvalue weighted by molar-refractivity contribution is 0.103. The van der Waals surface area contributed by atoms with Gasteiger partial charge < -0.3 is 19.7 Å². The van der Waals surface area contributed by atoms with E-state index in [-0.39, 0.29) is 5.91 Å². The number of nitrogens with one attached hydrogen (secondary N) is 1. The SMILES string of the molecule is Cc1c(C(=O)Nc2ccc3c(c2)OCCO3)sc2ncnc(N(C)C3CCCCC3)c12. The van der Waals surface area contributed by atoms with E-state index in [1.54, 1.807) is 12.4 Å². The number of ether oxygens (including phenoxy) is 2. The molecule has 162 valence electrons. The second-order valence-electron chi connectivity index (χ2n) is 8.15. The number of fused-ring (bicyclic) bond motifs is 2. The quantitative estimate of drug-likeness (QED) is 0.631. The van der Waals surface area contributed by atoms with Gasteiger partial charge in [-0.1, -0.05) is 19.3 Å². The van der Waals surface area contributed by atoms with Gasteiger partial charge in [0.1, 0.15) is 30.2 Å². The van der Waals surface area contributed by atoms with Gasteiger partial charge in [0.05, 0.1) is 10.3 Å². The lowest BCUT2D eigenvalue weighted by Gasteiger charge is -2.32. The zero-order valence-corrected chi connectivity index (χ0v) is 18.6. The van der Waals surface area contributed by atoms with Crippen LogP contribution in [0.25, 0.3) is 10.2 Å². The van der Waals surface area contributed by atoms with Crippen molar-refractivity contribution in [1.29, 1.82) is 0 Å². The van der Waals surface area contributed by atoms with Crippen molar-refractivity contribution in [1.82, 2.24) is 9.97 Å². The normalized spacial score (nSPS) is 16.3. The topological polar surface area (TPSA) is 76.6 Å². The zero-order valence-electron chi connectivity index (χ0n) is 17.8. The van der Waals surface area contributed by atoms with Gasteiger partial charge in [-0.25, -0.2) is 9.97 Å². The Labute approximate surface area is 185 Å². The maximum Gasteiger partial charge on any atom is 0.266 e. The average molecular weight is 439 g/mol. The molecule has 1 aromatic carbocycles. The van der Waals surface area contributed by atoms with Crippen LogP contribution in [0.1, 0.15) is 47.3 Å². The van der Waals surface area contributed by atoms with Gasteiger partial charge in [0.2, 0.25) is 0 Å². The first-order valence-electron chi connectivity index (χ1n) is 10.8. The van der Waals surface area contributed by atoms with E-state index >= 15 is 0 Å². The lowest BCUT2D eigenvalue weighted by atomic mass is 9.94. The van der Waals surface area contributed by atoms with Crippen LogP contribution in [0.3, 0.4) is 0 Å². The fourth-order valence-corrected chi connectivity index (χ4v) is 5.53. The third kappa shape index (κ3) is 3.80. The lowest BCUT2D eigenvalue weighted by Crippen LogP contribution is -2.34. The molecule has 3 heterocycles. The van der Waals surface area contributed by atoms with E-state index < -0.39 is 0 Å². The molecule has 1 aliphatic carbocycles. The first-order chi connectivity index (χ1) is 15.1. The summed E-state index contributed by atoms with van der Waals surface area (Å²) in [6.07, 6.45) is 7.80. The van der Waals surface area contributed by atoms with Crippen LogP contribution in [0.2, 0.25) is 0 Å². The van der Waals surface area contributed by atoms with Crippen molar-refractivity contribution in [2.45, 2.75) is 45.1 Å². The Hall–Kier alpha value is -2.87. The molecule has 1 N–H and O–H groups in total. The molecule has 2 aliphatic rings. The molecule has 0 unspecified atom stereocenters. The molecule has 0 spiro atoms. The highest BCUT2D eigenvalue weighted by Crippen LogP contribution is 2.37. The Morgan fingerprint density at radius 1 is 1.13 bits per heavy atom. The first kappa shape index (κ1) is 20.1. The van der Waals surface area contributed by atoms with Crippen molar-refractivity contribution in [3.05, 3.63) is 35.0 Å². The van der Waals surface area contributed by atoms with Crippen molar-refractivity contribution in [2.75, 3.05) is 30.5 Å². The van der Waals surface area contributed by atoms with E-state index in [1.807, 2.05) is 19.1 Å². The number of carbonyl (C=O) groups is 1. The van der Waals surface area contributed by atoms with Gasteiger partial charge in [0, 0.05) is 24.8 Å². The summed E-state index contributed by atoms with van der Waals surface area (Å²) in [4.78, 5) is 26.0. The summed E-state index contributed by atoms with van der Waals surface area (Å²) in [7, 11) is 2.11. The molecule has 2 aromatic heterocycles. The van der Waals surface area contributed by atoms with Crippen molar-refractivity contribution in [3.8, 4) is 11.5 Å². The van der Waals surface area contributed by atoms with E-state index in [9.17, 15) is 4.79 Å². The van der Waals surface area contributed by atoms with Gasteiger partial charge in [-0.3, -0.25) is 4.79 Å². The minimum Gasteiger partial charge on any atom is -0.486 e. The van der Waals surface area contributed by atoms with Crippen molar-refractivity contribution in [3.63, 3.8) is 0 Å². The summed E-state index contributed by atoms with van der Waals surface area (Å²) in [5.41, 5.74) is 1.60. The van der Waals surface area contributed by atoms with Gasteiger partial charge in [-0.15, -0.1) is 11.3 Å². The number of amides is 1. The van der Waals surface area contributed by atoms with Crippen LogP contribution >= 0.6 is 11.3 Å². The van der Waals surface area contributed by atoms with E-state index in [1.165, 1.54) is 43.4 Å². The number of aryl methyl sites for hydroxylation is 1. The average Bonchev–Trinajstić information content (AvgIpc) is 3.16. The molecule has 3 aromatic rings. The second kappa shape index (κ2) is 8.34.